The quantitative estimate of drug-likeness (QED) is 0.467. The van der Waals surface area contributed by atoms with Crippen LogP contribution in [0, 0.1) is 5.95 Å². The van der Waals surface area contributed by atoms with Crippen molar-refractivity contribution in [1.29, 1.82) is 0 Å². The van der Waals surface area contributed by atoms with Gasteiger partial charge in [0.05, 0.1) is 17.3 Å². The van der Waals surface area contributed by atoms with Crippen molar-refractivity contribution in [2.24, 2.45) is 0 Å². The van der Waals surface area contributed by atoms with E-state index in [0.29, 0.717) is 17.9 Å². The molecule has 134 valence electrons. The second-order valence-electron chi connectivity index (χ2n) is 5.70. The number of aryl methyl sites for hydroxylation is 1. The van der Waals surface area contributed by atoms with Crippen LogP contribution in [0.15, 0.2) is 42.6 Å². The lowest BCUT2D eigenvalue weighted by Gasteiger charge is -2.06. The van der Waals surface area contributed by atoms with Gasteiger partial charge in [0.1, 0.15) is 4.88 Å². The normalized spacial score (nSPS) is 10.7. The summed E-state index contributed by atoms with van der Waals surface area (Å²) >= 11 is 1.39. The van der Waals surface area contributed by atoms with E-state index in [1.165, 1.54) is 23.6 Å². The molecule has 0 aliphatic rings. The zero-order chi connectivity index (χ0) is 18.5. The second kappa shape index (κ2) is 8.19. The highest BCUT2D eigenvalue weighted by molar-refractivity contribution is 7.13. The fourth-order valence-corrected chi connectivity index (χ4v) is 3.54. The van der Waals surface area contributed by atoms with Crippen LogP contribution in [-0.2, 0) is 17.6 Å². The predicted octanol–water partition coefficient (Wildman–Crippen LogP) is 4.67. The van der Waals surface area contributed by atoms with E-state index in [2.05, 4.69) is 9.97 Å². The average molecular weight is 370 g/mol. The number of esters is 1. The lowest BCUT2D eigenvalue weighted by molar-refractivity contribution is 0.0530. The van der Waals surface area contributed by atoms with Crippen molar-refractivity contribution in [3.63, 3.8) is 0 Å². The third kappa shape index (κ3) is 4.14. The van der Waals surface area contributed by atoms with Crippen LogP contribution in [0.4, 0.5) is 4.39 Å². The molecule has 0 saturated heterocycles. The minimum Gasteiger partial charge on any atom is -0.462 e. The van der Waals surface area contributed by atoms with Crippen molar-refractivity contribution in [2.45, 2.75) is 26.7 Å². The molecule has 0 amide bonds. The van der Waals surface area contributed by atoms with Gasteiger partial charge in [0.25, 0.3) is 0 Å². The van der Waals surface area contributed by atoms with E-state index < -0.39 is 5.95 Å². The number of thiazole rings is 1. The van der Waals surface area contributed by atoms with Gasteiger partial charge >= 0.3 is 5.97 Å². The first kappa shape index (κ1) is 18.2. The smallest absolute Gasteiger partial charge is 0.350 e. The number of aromatic nitrogens is 2. The molecule has 3 aromatic rings. The molecule has 0 unspecified atom stereocenters. The second-order valence-corrected chi connectivity index (χ2v) is 6.79. The van der Waals surface area contributed by atoms with Crippen molar-refractivity contribution in [1.82, 2.24) is 9.97 Å². The van der Waals surface area contributed by atoms with Crippen molar-refractivity contribution < 1.29 is 13.9 Å². The van der Waals surface area contributed by atoms with Gasteiger partial charge in [0, 0.05) is 18.2 Å². The van der Waals surface area contributed by atoms with Gasteiger partial charge in [-0.2, -0.15) is 4.39 Å². The Balaban J connectivity index is 1.89. The molecule has 1 aromatic carbocycles. The highest BCUT2D eigenvalue weighted by Crippen LogP contribution is 2.25. The summed E-state index contributed by atoms with van der Waals surface area (Å²) in [5.74, 6) is -0.822. The number of hydrogen-bond acceptors (Lipinski definition) is 5. The number of rotatable bonds is 6. The Bertz CT molecular complexity index is 906. The first-order valence-corrected chi connectivity index (χ1v) is 9.29. The lowest BCUT2D eigenvalue weighted by atomic mass is 10.0. The number of carbonyl (C=O) groups is 1. The Kier molecular flexibility index (Phi) is 5.73. The van der Waals surface area contributed by atoms with Crippen molar-refractivity contribution in [2.75, 3.05) is 6.61 Å². The zero-order valence-corrected chi connectivity index (χ0v) is 15.5. The number of benzene rings is 1. The average Bonchev–Trinajstić information content (AvgIpc) is 3.06. The first-order valence-electron chi connectivity index (χ1n) is 8.47. The SMILES string of the molecule is CCOC(=O)c1sc(CC)nc1Cc1cccc(-c2ccc(F)nc2)c1. The molecule has 0 aliphatic heterocycles. The van der Waals surface area contributed by atoms with Crippen molar-refractivity contribution >= 4 is 17.3 Å². The standard InChI is InChI=1S/C20H19FN2O2S/c1-3-18-23-16(19(26-18)20(24)25-4-2)11-13-6-5-7-14(10-13)15-8-9-17(21)22-12-15/h5-10,12H,3-4,11H2,1-2H3. The van der Waals surface area contributed by atoms with Crippen LogP contribution in [0.3, 0.4) is 0 Å². The van der Waals surface area contributed by atoms with E-state index in [1.807, 2.05) is 31.2 Å². The Morgan fingerprint density at radius 3 is 2.73 bits per heavy atom. The van der Waals surface area contributed by atoms with Crippen LogP contribution in [0.2, 0.25) is 0 Å². The van der Waals surface area contributed by atoms with Gasteiger partial charge in [-0.05, 0) is 36.6 Å². The summed E-state index contributed by atoms with van der Waals surface area (Å²) < 4.78 is 18.2. The van der Waals surface area contributed by atoms with E-state index in [-0.39, 0.29) is 5.97 Å². The highest BCUT2D eigenvalue weighted by atomic mass is 32.1. The first-order chi connectivity index (χ1) is 12.6. The Hall–Kier alpha value is -2.60. The summed E-state index contributed by atoms with van der Waals surface area (Å²) in [6.07, 6.45) is 2.82. The van der Waals surface area contributed by atoms with Crippen LogP contribution in [0.25, 0.3) is 11.1 Å². The number of ether oxygens (including phenoxy) is 1. The van der Waals surface area contributed by atoms with Gasteiger partial charge < -0.3 is 4.74 Å². The summed E-state index contributed by atoms with van der Waals surface area (Å²) in [4.78, 5) is 21.1. The van der Waals surface area contributed by atoms with Crippen LogP contribution < -0.4 is 0 Å². The van der Waals surface area contributed by atoms with E-state index >= 15 is 0 Å². The maximum atomic E-state index is 13.0. The van der Waals surface area contributed by atoms with Gasteiger partial charge in [-0.1, -0.05) is 31.2 Å². The number of nitrogens with zero attached hydrogens (tertiary/aromatic N) is 2. The monoisotopic (exact) mass is 370 g/mol. The molecule has 2 heterocycles. The summed E-state index contributed by atoms with van der Waals surface area (Å²) in [5, 5.41) is 0.918. The third-order valence-electron chi connectivity index (χ3n) is 3.86. The number of carbonyl (C=O) groups excluding carboxylic acids is 1. The van der Waals surface area contributed by atoms with Gasteiger partial charge in [-0.25, -0.2) is 14.8 Å². The number of pyridine rings is 1. The largest absolute Gasteiger partial charge is 0.462 e. The molecular formula is C20H19FN2O2S. The molecule has 2 aromatic heterocycles. The summed E-state index contributed by atoms with van der Waals surface area (Å²) in [6.45, 7) is 4.14. The van der Waals surface area contributed by atoms with E-state index in [9.17, 15) is 9.18 Å². The summed E-state index contributed by atoms with van der Waals surface area (Å²) in [7, 11) is 0. The molecule has 4 nitrogen and oxygen atoms in total. The van der Waals surface area contributed by atoms with Crippen LogP contribution in [0.5, 0.6) is 0 Å². The van der Waals surface area contributed by atoms with E-state index in [1.54, 1.807) is 13.0 Å². The number of hydrogen-bond donors (Lipinski definition) is 0. The third-order valence-corrected chi connectivity index (χ3v) is 5.09. The summed E-state index contributed by atoms with van der Waals surface area (Å²) in [6, 6.07) is 10.9. The van der Waals surface area contributed by atoms with Crippen LogP contribution in [-0.4, -0.2) is 22.5 Å². The fraction of sp³-hybridized carbons (Fsp3) is 0.250. The minimum absolute atomic E-state index is 0.321. The van der Waals surface area contributed by atoms with Crippen LogP contribution >= 0.6 is 11.3 Å². The lowest BCUT2D eigenvalue weighted by Crippen LogP contribution is -2.06. The van der Waals surface area contributed by atoms with Crippen molar-refractivity contribution in [3.05, 3.63) is 69.7 Å². The molecule has 6 heteroatoms. The molecule has 0 N–H and O–H groups in total. The zero-order valence-electron chi connectivity index (χ0n) is 14.7. The Morgan fingerprint density at radius 1 is 1.19 bits per heavy atom. The van der Waals surface area contributed by atoms with E-state index in [4.69, 9.17) is 4.74 Å². The van der Waals surface area contributed by atoms with Crippen molar-refractivity contribution in [3.8, 4) is 11.1 Å². The predicted molar refractivity (Wildman–Crippen MR) is 99.9 cm³/mol. The summed E-state index contributed by atoms with van der Waals surface area (Å²) in [5.41, 5.74) is 3.54. The Morgan fingerprint density at radius 2 is 2.04 bits per heavy atom. The molecule has 0 fully saturated rings. The van der Waals surface area contributed by atoms with Gasteiger partial charge in [0.2, 0.25) is 5.95 Å². The molecule has 0 bridgehead atoms. The topological polar surface area (TPSA) is 52.1 Å². The minimum atomic E-state index is -0.501. The van der Waals surface area contributed by atoms with Crippen LogP contribution in [0.1, 0.15) is 39.8 Å². The molecule has 0 radical (unpaired) electrons. The molecule has 0 saturated carbocycles. The number of halogens is 1. The maximum absolute atomic E-state index is 13.0. The molecule has 3 rings (SSSR count). The maximum Gasteiger partial charge on any atom is 0.350 e. The highest BCUT2D eigenvalue weighted by Gasteiger charge is 2.19. The van der Waals surface area contributed by atoms with Gasteiger partial charge in [-0.3, -0.25) is 0 Å². The molecule has 26 heavy (non-hydrogen) atoms. The van der Waals surface area contributed by atoms with Gasteiger partial charge in [0.15, 0.2) is 0 Å². The molecule has 0 atom stereocenters. The van der Waals surface area contributed by atoms with Gasteiger partial charge in [-0.15, -0.1) is 11.3 Å². The molecule has 0 spiro atoms. The Labute approximate surface area is 155 Å². The van der Waals surface area contributed by atoms with E-state index in [0.717, 1.165) is 33.8 Å². The molecule has 0 aliphatic carbocycles. The molecular weight excluding hydrogens is 351 g/mol. The fourth-order valence-electron chi connectivity index (χ4n) is 2.63.